The normalized spacial score (nSPS) is 16.6. The molecule has 8 nitrogen and oxygen atoms in total. The standard InChI is InChI=1S/C29H29NO7/c1-16-7-10-20(11-8-16)30-25(19-14-22(35-4)28(37-6)23(15-19)36-5)24(27(32)29(30)33)26(31)18-9-12-21(34-3)17(2)13-18/h7-15,25,31H,1-6H3/b26-24+. The first kappa shape index (κ1) is 25.6. The van der Waals surface area contributed by atoms with Gasteiger partial charge in [0, 0.05) is 11.3 Å². The number of anilines is 1. The van der Waals surface area contributed by atoms with E-state index in [9.17, 15) is 14.7 Å². The Morgan fingerprint density at radius 1 is 0.784 bits per heavy atom. The number of hydrogen-bond acceptors (Lipinski definition) is 7. The highest BCUT2D eigenvalue weighted by molar-refractivity contribution is 6.51. The van der Waals surface area contributed by atoms with Crippen LogP contribution in [0.3, 0.4) is 0 Å². The van der Waals surface area contributed by atoms with E-state index in [2.05, 4.69) is 0 Å². The number of methoxy groups -OCH3 is 4. The summed E-state index contributed by atoms with van der Waals surface area (Å²) in [4.78, 5) is 28.3. The maximum absolute atomic E-state index is 13.5. The van der Waals surface area contributed by atoms with Crippen molar-refractivity contribution in [1.29, 1.82) is 0 Å². The van der Waals surface area contributed by atoms with Crippen LogP contribution in [0.2, 0.25) is 0 Å². The van der Waals surface area contributed by atoms with Crippen molar-refractivity contribution in [1.82, 2.24) is 0 Å². The van der Waals surface area contributed by atoms with Crippen LogP contribution in [0, 0.1) is 13.8 Å². The molecule has 4 rings (SSSR count). The third-order valence-corrected chi connectivity index (χ3v) is 6.43. The summed E-state index contributed by atoms with van der Waals surface area (Å²) in [6, 6.07) is 14.7. The molecule has 1 saturated heterocycles. The van der Waals surface area contributed by atoms with Gasteiger partial charge in [-0.2, -0.15) is 0 Å². The highest BCUT2D eigenvalue weighted by atomic mass is 16.5. The van der Waals surface area contributed by atoms with Crippen molar-refractivity contribution >= 4 is 23.1 Å². The zero-order chi connectivity index (χ0) is 26.9. The smallest absolute Gasteiger partial charge is 0.300 e. The number of aryl methyl sites for hydroxylation is 2. The number of hydrogen-bond donors (Lipinski definition) is 1. The first-order valence-corrected chi connectivity index (χ1v) is 11.6. The van der Waals surface area contributed by atoms with E-state index in [1.165, 1.54) is 26.2 Å². The van der Waals surface area contributed by atoms with Crippen LogP contribution >= 0.6 is 0 Å². The second-order valence-corrected chi connectivity index (χ2v) is 8.65. The molecule has 1 aliphatic heterocycles. The third-order valence-electron chi connectivity index (χ3n) is 6.43. The van der Waals surface area contributed by atoms with Crippen molar-refractivity contribution in [3.63, 3.8) is 0 Å². The summed E-state index contributed by atoms with van der Waals surface area (Å²) in [5.74, 6) is -0.139. The van der Waals surface area contributed by atoms with Crippen LogP contribution in [0.5, 0.6) is 23.0 Å². The average molecular weight is 504 g/mol. The molecule has 1 heterocycles. The van der Waals surface area contributed by atoms with Gasteiger partial charge in [0.15, 0.2) is 11.5 Å². The van der Waals surface area contributed by atoms with Gasteiger partial charge < -0.3 is 24.1 Å². The van der Waals surface area contributed by atoms with Gasteiger partial charge in [-0.1, -0.05) is 17.7 Å². The zero-order valence-corrected chi connectivity index (χ0v) is 21.6. The van der Waals surface area contributed by atoms with Crippen LogP contribution in [0.1, 0.15) is 28.3 Å². The molecule has 0 bridgehead atoms. The monoisotopic (exact) mass is 503 g/mol. The predicted octanol–water partition coefficient (Wildman–Crippen LogP) is 4.96. The summed E-state index contributed by atoms with van der Waals surface area (Å²) in [6.45, 7) is 3.76. The minimum Gasteiger partial charge on any atom is -0.507 e. The highest BCUT2D eigenvalue weighted by Crippen LogP contribution is 2.47. The van der Waals surface area contributed by atoms with E-state index in [-0.39, 0.29) is 11.3 Å². The number of rotatable bonds is 7. The van der Waals surface area contributed by atoms with E-state index in [0.29, 0.717) is 39.8 Å². The predicted molar refractivity (Wildman–Crippen MR) is 140 cm³/mol. The lowest BCUT2D eigenvalue weighted by molar-refractivity contribution is -0.132. The molecule has 37 heavy (non-hydrogen) atoms. The van der Waals surface area contributed by atoms with E-state index in [1.807, 2.05) is 26.0 Å². The van der Waals surface area contributed by atoms with Gasteiger partial charge in [0.25, 0.3) is 11.7 Å². The van der Waals surface area contributed by atoms with Crippen LogP contribution < -0.4 is 23.8 Å². The quantitative estimate of drug-likeness (QED) is 0.277. The first-order chi connectivity index (χ1) is 17.7. The number of aliphatic hydroxyl groups excluding tert-OH is 1. The van der Waals surface area contributed by atoms with Crippen molar-refractivity contribution in [2.24, 2.45) is 0 Å². The zero-order valence-electron chi connectivity index (χ0n) is 21.6. The first-order valence-electron chi connectivity index (χ1n) is 11.6. The molecule has 0 spiro atoms. The molecule has 1 N–H and O–H groups in total. The fourth-order valence-corrected chi connectivity index (χ4v) is 4.56. The summed E-state index contributed by atoms with van der Waals surface area (Å²) < 4.78 is 21.8. The average Bonchev–Trinajstić information content (AvgIpc) is 3.17. The summed E-state index contributed by atoms with van der Waals surface area (Å²) in [5.41, 5.74) is 3.11. The Morgan fingerprint density at radius 2 is 1.38 bits per heavy atom. The molecule has 1 aliphatic rings. The summed E-state index contributed by atoms with van der Waals surface area (Å²) in [6.07, 6.45) is 0. The van der Waals surface area contributed by atoms with Crippen LogP contribution in [-0.4, -0.2) is 45.2 Å². The molecule has 0 radical (unpaired) electrons. The number of carbonyl (C=O) groups is 2. The van der Waals surface area contributed by atoms with Gasteiger partial charge in [-0.3, -0.25) is 14.5 Å². The Kier molecular flexibility index (Phi) is 7.11. The van der Waals surface area contributed by atoms with Crippen molar-refractivity contribution in [3.05, 3.63) is 82.4 Å². The maximum atomic E-state index is 13.5. The lowest BCUT2D eigenvalue weighted by atomic mass is 9.94. The molecule has 0 aromatic heterocycles. The minimum atomic E-state index is -0.959. The van der Waals surface area contributed by atoms with Gasteiger partial charge in [0.1, 0.15) is 11.5 Å². The molecular weight excluding hydrogens is 474 g/mol. The van der Waals surface area contributed by atoms with Gasteiger partial charge in [0.05, 0.1) is 40.1 Å². The number of carbonyl (C=O) groups excluding carboxylic acids is 2. The molecule has 1 atom stereocenters. The fourth-order valence-electron chi connectivity index (χ4n) is 4.56. The molecule has 0 aliphatic carbocycles. The van der Waals surface area contributed by atoms with Crippen molar-refractivity contribution < 1.29 is 33.6 Å². The van der Waals surface area contributed by atoms with Crippen molar-refractivity contribution in [2.45, 2.75) is 19.9 Å². The van der Waals surface area contributed by atoms with Crippen LogP contribution in [0.25, 0.3) is 5.76 Å². The van der Waals surface area contributed by atoms with Gasteiger partial charge in [-0.05, 0) is 67.4 Å². The lowest BCUT2D eigenvalue weighted by Crippen LogP contribution is -2.29. The number of aliphatic hydroxyl groups is 1. The molecule has 1 unspecified atom stereocenters. The number of Topliss-reactive ketones (excluding diaryl/α,β-unsaturated/α-hetero) is 1. The molecule has 192 valence electrons. The van der Waals surface area contributed by atoms with E-state index in [0.717, 1.165) is 11.1 Å². The molecule has 1 amide bonds. The number of ketones is 1. The molecule has 3 aromatic rings. The molecule has 0 saturated carbocycles. The van der Waals surface area contributed by atoms with E-state index >= 15 is 0 Å². The van der Waals surface area contributed by atoms with Crippen LogP contribution in [0.4, 0.5) is 5.69 Å². The fraction of sp³-hybridized carbons (Fsp3) is 0.241. The number of amides is 1. The van der Waals surface area contributed by atoms with Crippen LogP contribution in [-0.2, 0) is 9.59 Å². The Labute approximate surface area is 215 Å². The molecule has 3 aromatic carbocycles. The SMILES string of the molecule is COc1ccc(/C(O)=C2\C(=O)C(=O)N(c3ccc(C)cc3)C2c2cc(OC)c(OC)c(OC)c2)cc1C. The number of nitrogens with zero attached hydrogens (tertiary/aromatic N) is 1. The second kappa shape index (κ2) is 10.3. The van der Waals surface area contributed by atoms with Gasteiger partial charge in [0.2, 0.25) is 5.75 Å². The molecule has 8 heteroatoms. The van der Waals surface area contributed by atoms with Crippen molar-refractivity contribution in [2.75, 3.05) is 33.3 Å². The summed E-state index contributed by atoms with van der Waals surface area (Å²) in [7, 11) is 6.01. The Balaban J connectivity index is 2.01. The van der Waals surface area contributed by atoms with Crippen molar-refractivity contribution in [3.8, 4) is 23.0 Å². The number of benzene rings is 3. The van der Waals surface area contributed by atoms with E-state index < -0.39 is 17.7 Å². The maximum Gasteiger partial charge on any atom is 0.300 e. The highest BCUT2D eigenvalue weighted by Gasteiger charge is 2.47. The van der Waals surface area contributed by atoms with E-state index in [4.69, 9.17) is 18.9 Å². The third kappa shape index (κ3) is 4.46. The Bertz CT molecular complexity index is 1370. The van der Waals surface area contributed by atoms with Crippen LogP contribution in [0.15, 0.2) is 60.2 Å². The largest absolute Gasteiger partial charge is 0.507 e. The van der Waals surface area contributed by atoms with Gasteiger partial charge in [-0.15, -0.1) is 0 Å². The topological polar surface area (TPSA) is 94.5 Å². The molecular formula is C29H29NO7. The lowest BCUT2D eigenvalue weighted by Gasteiger charge is -2.26. The summed E-state index contributed by atoms with van der Waals surface area (Å²) >= 11 is 0. The Hall–Kier alpha value is -4.46. The molecule has 1 fully saturated rings. The second-order valence-electron chi connectivity index (χ2n) is 8.65. The van der Waals surface area contributed by atoms with Gasteiger partial charge in [-0.25, -0.2) is 0 Å². The van der Waals surface area contributed by atoms with Gasteiger partial charge >= 0.3 is 0 Å². The summed E-state index contributed by atoms with van der Waals surface area (Å²) in [5, 5.41) is 11.4. The minimum absolute atomic E-state index is 0.0515. The number of ether oxygens (including phenoxy) is 4. The van der Waals surface area contributed by atoms with E-state index in [1.54, 1.807) is 49.6 Å². The Morgan fingerprint density at radius 3 is 1.89 bits per heavy atom.